The number of carbonyl (C=O) groups is 1. The summed E-state index contributed by atoms with van der Waals surface area (Å²) < 4.78 is 0. The van der Waals surface area contributed by atoms with Crippen molar-refractivity contribution in [2.75, 3.05) is 11.5 Å². The molecule has 2 aromatic rings. The highest BCUT2D eigenvalue weighted by Crippen LogP contribution is 2.31. The summed E-state index contributed by atoms with van der Waals surface area (Å²) in [5, 5.41) is 0. The van der Waals surface area contributed by atoms with Gasteiger partial charge in [0.2, 0.25) is 0 Å². The van der Waals surface area contributed by atoms with Gasteiger partial charge in [0.15, 0.2) is 5.78 Å². The molecule has 0 fully saturated rings. The molecule has 17 heavy (non-hydrogen) atoms. The lowest BCUT2D eigenvalue weighted by atomic mass is 9.95. The van der Waals surface area contributed by atoms with Gasteiger partial charge in [-0.1, -0.05) is 24.3 Å². The molecule has 0 radical (unpaired) electrons. The summed E-state index contributed by atoms with van der Waals surface area (Å²) in [7, 11) is 0. The zero-order valence-corrected chi connectivity index (χ0v) is 9.60. The van der Waals surface area contributed by atoms with E-state index in [4.69, 9.17) is 11.5 Å². The maximum Gasteiger partial charge on any atom is 0.160 e. The van der Waals surface area contributed by atoms with E-state index in [9.17, 15) is 4.79 Å². The standard InChI is InChI=1S/C14H14N2O/c1-9(17)12-6-3-7-13(16)14(12)10-4-2-5-11(15)8-10/h2-8H,15-16H2,1H3. The Morgan fingerprint density at radius 2 is 1.76 bits per heavy atom. The van der Waals surface area contributed by atoms with Crippen molar-refractivity contribution in [2.45, 2.75) is 6.92 Å². The van der Waals surface area contributed by atoms with Gasteiger partial charge in [0, 0.05) is 22.5 Å². The first-order valence-corrected chi connectivity index (χ1v) is 5.35. The molecular weight excluding hydrogens is 212 g/mol. The minimum Gasteiger partial charge on any atom is -0.399 e. The summed E-state index contributed by atoms with van der Waals surface area (Å²) in [4.78, 5) is 11.6. The number of hydrogen-bond acceptors (Lipinski definition) is 3. The fourth-order valence-corrected chi connectivity index (χ4v) is 1.88. The minimum absolute atomic E-state index is 0.00488. The molecule has 0 bridgehead atoms. The topological polar surface area (TPSA) is 69.1 Å². The second-order valence-corrected chi connectivity index (χ2v) is 3.95. The molecular formula is C14H14N2O. The van der Waals surface area contributed by atoms with Crippen LogP contribution in [-0.2, 0) is 0 Å². The molecule has 0 aliphatic heterocycles. The summed E-state index contributed by atoms with van der Waals surface area (Å²) >= 11 is 0. The molecule has 0 saturated heterocycles. The molecule has 0 atom stereocenters. The van der Waals surface area contributed by atoms with Gasteiger partial charge < -0.3 is 11.5 Å². The summed E-state index contributed by atoms with van der Waals surface area (Å²) in [5.74, 6) is -0.00488. The van der Waals surface area contributed by atoms with E-state index in [1.54, 1.807) is 24.3 Å². The molecule has 0 saturated carbocycles. The largest absolute Gasteiger partial charge is 0.399 e. The van der Waals surface area contributed by atoms with Crippen molar-refractivity contribution in [3.8, 4) is 11.1 Å². The van der Waals surface area contributed by atoms with E-state index in [1.807, 2.05) is 18.2 Å². The van der Waals surface area contributed by atoms with E-state index in [0.717, 1.165) is 11.1 Å². The van der Waals surface area contributed by atoms with Gasteiger partial charge in [-0.05, 0) is 30.7 Å². The summed E-state index contributed by atoms with van der Waals surface area (Å²) in [6.07, 6.45) is 0. The fourth-order valence-electron chi connectivity index (χ4n) is 1.88. The summed E-state index contributed by atoms with van der Waals surface area (Å²) in [5.41, 5.74) is 15.2. The van der Waals surface area contributed by atoms with E-state index < -0.39 is 0 Å². The third kappa shape index (κ3) is 2.13. The number of anilines is 2. The van der Waals surface area contributed by atoms with Crippen LogP contribution in [0.25, 0.3) is 11.1 Å². The SMILES string of the molecule is CC(=O)c1cccc(N)c1-c1cccc(N)c1. The van der Waals surface area contributed by atoms with Crippen LogP contribution >= 0.6 is 0 Å². The summed E-state index contributed by atoms with van der Waals surface area (Å²) in [6, 6.07) is 12.7. The number of carbonyl (C=O) groups excluding carboxylic acids is 1. The van der Waals surface area contributed by atoms with Crippen LogP contribution in [-0.4, -0.2) is 5.78 Å². The van der Waals surface area contributed by atoms with Crippen molar-refractivity contribution >= 4 is 17.2 Å². The van der Waals surface area contributed by atoms with Crippen molar-refractivity contribution in [1.29, 1.82) is 0 Å². The van der Waals surface area contributed by atoms with Crippen molar-refractivity contribution in [3.05, 3.63) is 48.0 Å². The third-order valence-electron chi connectivity index (χ3n) is 2.65. The Morgan fingerprint density at radius 1 is 1.06 bits per heavy atom. The average Bonchev–Trinajstić information content (AvgIpc) is 2.28. The van der Waals surface area contributed by atoms with E-state index in [2.05, 4.69) is 0 Å². The van der Waals surface area contributed by atoms with Crippen LogP contribution in [0.4, 0.5) is 11.4 Å². The van der Waals surface area contributed by atoms with Gasteiger partial charge in [-0.3, -0.25) is 4.79 Å². The van der Waals surface area contributed by atoms with Gasteiger partial charge in [0.25, 0.3) is 0 Å². The van der Waals surface area contributed by atoms with Gasteiger partial charge in [-0.2, -0.15) is 0 Å². The molecule has 0 spiro atoms. The Bertz CT molecular complexity index is 576. The highest BCUT2D eigenvalue weighted by molar-refractivity contribution is 6.03. The van der Waals surface area contributed by atoms with Gasteiger partial charge >= 0.3 is 0 Å². The minimum atomic E-state index is -0.00488. The Labute approximate surface area is 100 Å². The number of ketones is 1. The van der Waals surface area contributed by atoms with Gasteiger partial charge in [-0.25, -0.2) is 0 Å². The zero-order chi connectivity index (χ0) is 12.4. The van der Waals surface area contributed by atoms with Gasteiger partial charge in [-0.15, -0.1) is 0 Å². The normalized spacial score (nSPS) is 10.2. The predicted molar refractivity (Wildman–Crippen MR) is 70.7 cm³/mol. The molecule has 0 aliphatic carbocycles. The highest BCUT2D eigenvalue weighted by atomic mass is 16.1. The van der Waals surface area contributed by atoms with Crippen LogP contribution < -0.4 is 11.5 Å². The molecule has 0 amide bonds. The van der Waals surface area contributed by atoms with Gasteiger partial charge in [0.05, 0.1) is 0 Å². The first-order chi connectivity index (χ1) is 8.09. The van der Waals surface area contributed by atoms with E-state index in [-0.39, 0.29) is 5.78 Å². The Hall–Kier alpha value is -2.29. The van der Waals surface area contributed by atoms with Crippen LogP contribution in [0.1, 0.15) is 17.3 Å². The lowest BCUT2D eigenvalue weighted by Gasteiger charge is -2.11. The van der Waals surface area contributed by atoms with Crippen LogP contribution in [0.15, 0.2) is 42.5 Å². The lowest BCUT2D eigenvalue weighted by molar-refractivity contribution is 0.101. The van der Waals surface area contributed by atoms with Crippen molar-refractivity contribution in [2.24, 2.45) is 0 Å². The molecule has 0 aliphatic rings. The molecule has 2 aromatic carbocycles. The number of hydrogen-bond donors (Lipinski definition) is 2. The number of benzene rings is 2. The summed E-state index contributed by atoms with van der Waals surface area (Å²) in [6.45, 7) is 1.53. The molecule has 4 N–H and O–H groups in total. The van der Waals surface area contributed by atoms with Crippen LogP contribution in [0.5, 0.6) is 0 Å². The second kappa shape index (κ2) is 4.29. The monoisotopic (exact) mass is 226 g/mol. The maximum absolute atomic E-state index is 11.6. The first kappa shape index (κ1) is 11.2. The molecule has 0 unspecified atom stereocenters. The molecule has 0 aromatic heterocycles. The third-order valence-corrected chi connectivity index (χ3v) is 2.65. The number of nitrogen functional groups attached to an aromatic ring is 2. The fraction of sp³-hybridized carbons (Fsp3) is 0.0714. The van der Waals surface area contributed by atoms with Crippen LogP contribution in [0.3, 0.4) is 0 Å². The lowest BCUT2D eigenvalue weighted by Crippen LogP contribution is -2.00. The smallest absolute Gasteiger partial charge is 0.160 e. The molecule has 3 nitrogen and oxygen atoms in total. The highest BCUT2D eigenvalue weighted by Gasteiger charge is 2.12. The quantitative estimate of drug-likeness (QED) is 0.611. The van der Waals surface area contributed by atoms with E-state index >= 15 is 0 Å². The molecule has 0 heterocycles. The average molecular weight is 226 g/mol. The second-order valence-electron chi connectivity index (χ2n) is 3.95. The predicted octanol–water partition coefficient (Wildman–Crippen LogP) is 2.72. The Balaban J connectivity index is 2.70. The maximum atomic E-state index is 11.6. The number of rotatable bonds is 2. The first-order valence-electron chi connectivity index (χ1n) is 5.35. The number of Topliss-reactive ketones (excluding diaryl/α,β-unsaturated/α-hetero) is 1. The Kier molecular flexibility index (Phi) is 2.83. The molecule has 86 valence electrons. The van der Waals surface area contributed by atoms with Crippen molar-refractivity contribution < 1.29 is 4.79 Å². The van der Waals surface area contributed by atoms with E-state index in [1.165, 1.54) is 6.92 Å². The van der Waals surface area contributed by atoms with Crippen LogP contribution in [0.2, 0.25) is 0 Å². The molecule has 3 heteroatoms. The molecule has 2 rings (SSSR count). The van der Waals surface area contributed by atoms with Crippen molar-refractivity contribution in [1.82, 2.24) is 0 Å². The van der Waals surface area contributed by atoms with E-state index in [0.29, 0.717) is 16.9 Å². The van der Waals surface area contributed by atoms with Gasteiger partial charge in [0.1, 0.15) is 0 Å². The van der Waals surface area contributed by atoms with Crippen molar-refractivity contribution in [3.63, 3.8) is 0 Å². The zero-order valence-electron chi connectivity index (χ0n) is 9.60. The Morgan fingerprint density at radius 3 is 2.41 bits per heavy atom. The number of nitrogens with two attached hydrogens (primary N) is 2. The van der Waals surface area contributed by atoms with Crippen LogP contribution in [0, 0.1) is 0 Å².